The molecule has 1 fully saturated rings. The molecule has 5 nitrogen and oxygen atoms in total. The monoisotopic (exact) mass is 339 g/mol. The van der Waals surface area contributed by atoms with E-state index < -0.39 is 11.9 Å². The number of amides is 2. The summed E-state index contributed by atoms with van der Waals surface area (Å²) in [5.74, 6) is -0.637. The number of ether oxygens (including phenoxy) is 1. The zero-order chi connectivity index (χ0) is 14.4. The largest absolute Gasteiger partial charge is 0.425 e. The minimum Gasteiger partial charge on any atom is -0.425 e. The third-order valence-corrected chi connectivity index (χ3v) is 4.28. The number of nitrogens with zero attached hydrogens (tertiary/aromatic N) is 1. The van der Waals surface area contributed by atoms with Crippen LogP contribution in [0.4, 0.5) is 0 Å². The Balaban J connectivity index is 2.03. The standard InChI is InChI=1S/C14H14BrNO4/c1-7(15)9-4-12(18)20-10-5-11(17)16(6-8-2-3-8)14(19)13(9)10/h5,7-8H,2-4,6H2,1H3/t7-/m0/s1. The number of imide groups is 1. The minimum atomic E-state index is -0.433. The van der Waals surface area contributed by atoms with Crippen molar-refractivity contribution >= 4 is 33.7 Å². The SMILES string of the molecule is C[C@H](Br)C1=C2C(=O)N(CC3CC3)C(=O)C=C2OC(=O)C1. The van der Waals surface area contributed by atoms with Gasteiger partial charge in [-0.3, -0.25) is 19.3 Å². The van der Waals surface area contributed by atoms with E-state index in [4.69, 9.17) is 4.74 Å². The summed E-state index contributed by atoms with van der Waals surface area (Å²) in [5, 5.41) is 0. The van der Waals surface area contributed by atoms with Gasteiger partial charge in [0.1, 0.15) is 5.76 Å². The molecule has 2 aliphatic heterocycles. The number of carbonyl (C=O) groups excluding carboxylic acids is 3. The normalized spacial score (nSPS) is 24.4. The minimum absolute atomic E-state index is 0.0797. The van der Waals surface area contributed by atoms with Crippen LogP contribution in [-0.2, 0) is 19.1 Å². The summed E-state index contributed by atoms with van der Waals surface area (Å²) in [6, 6.07) is 0. The molecule has 3 rings (SSSR count). The Labute approximate surface area is 124 Å². The molecule has 106 valence electrons. The second kappa shape index (κ2) is 4.84. The van der Waals surface area contributed by atoms with Crippen LogP contribution in [0, 0.1) is 5.92 Å². The van der Waals surface area contributed by atoms with Crippen LogP contribution in [0.2, 0.25) is 0 Å². The molecule has 1 saturated carbocycles. The Kier molecular flexibility index (Phi) is 3.28. The van der Waals surface area contributed by atoms with Crippen molar-refractivity contribution in [2.75, 3.05) is 6.54 Å². The lowest BCUT2D eigenvalue weighted by Crippen LogP contribution is -2.44. The van der Waals surface area contributed by atoms with Crippen molar-refractivity contribution in [1.29, 1.82) is 0 Å². The first-order valence-corrected chi connectivity index (χ1v) is 7.54. The van der Waals surface area contributed by atoms with Crippen molar-refractivity contribution in [3.8, 4) is 0 Å². The van der Waals surface area contributed by atoms with Gasteiger partial charge in [-0.15, -0.1) is 0 Å². The van der Waals surface area contributed by atoms with Crippen LogP contribution in [0.1, 0.15) is 26.2 Å². The summed E-state index contributed by atoms with van der Waals surface area (Å²) < 4.78 is 5.06. The topological polar surface area (TPSA) is 63.7 Å². The molecule has 1 aliphatic carbocycles. The molecule has 1 atom stereocenters. The molecule has 0 N–H and O–H groups in total. The van der Waals surface area contributed by atoms with Gasteiger partial charge in [-0.1, -0.05) is 15.9 Å². The van der Waals surface area contributed by atoms with Gasteiger partial charge in [0.2, 0.25) is 0 Å². The number of alkyl halides is 1. The van der Waals surface area contributed by atoms with Gasteiger partial charge in [-0.2, -0.15) is 0 Å². The second-order valence-electron chi connectivity index (χ2n) is 5.37. The van der Waals surface area contributed by atoms with E-state index >= 15 is 0 Å². The van der Waals surface area contributed by atoms with Crippen LogP contribution in [0.15, 0.2) is 23.0 Å². The lowest BCUT2D eigenvalue weighted by molar-refractivity contribution is -0.143. The Morgan fingerprint density at radius 3 is 2.70 bits per heavy atom. The van der Waals surface area contributed by atoms with Crippen molar-refractivity contribution < 1.29 is 19.1 Å². The van der Waals surface area contributed by atoms with Gasteiger partial charge in [0.25, 0.3) is 11.8 Å². The third kappa shape index (κ3) is 2.32. The molecule has 0 unspecified atom stereocenters. The van der Waals surface area contributed by atoms with Crippen molar-refractivity contribution in [3.63, 3.8) is 0 Å². The molecule has 2 heterocycles. The zero-order valence-corrected chi connectivity index (χ0v) is 12.6. The molecule has 0 radical (unpaired) electrons. The fourth-order valence-corrected chi connectivity index (χ4v) is 2.84. The molecule has 0 aromatic heterocycles. The quantitative estimate of drug-likeness (QED) is 0.445. The number of hydrogen-bond donors (Lipinski definition) is 0. The third-order valence-electron chi connectivity index (χ3n) is 3.72. The summed E-state index contributed by atoms with van der Waals surface area (Å²) in [4.78, 5) is 37.3. The lowest BCUT2D eigenvalue weighted by Gasteiger charge is -2.31. The fraction of sp³-hybridized carbons (Fsp3) is 0.500. The smallest absolute Gasteiger partial charge is 0.315 e. The van der Waals surface area contributed by atoms with Gasteiger partial charge in [0.05, 0.1) is 12.0 Å². The Hall–Kier alpha value is -1.43. The predicted octanol–water partition coefficient (Wildman–Crippen LogP) is 1.68. The van der Waals surface area contributed by atoms with Crippen LogP contribution in [0.3, 0.4) is 0 Å². The summed E-state index contributed by atoms with van der Waals surface area (Å²) >= 11 is 3.40. The maximum Gasteiger partial charge on any atom is 0.315 e. The summed E-state index contributed by atoms with van der Waals surface area (Å²) in [6.07, 6.45) is 3.45. The molecule has 3 aliphatic rings. The van der Waals surface area contributed by atoms with Crippen LogP contribution in [-0.4, -0.2) is 34.1 Å². The number of halogens is 1. The molecule has 2 amide bonds. The van der Waals surface area contributed by atoms with E-state index in [0.29, 0.717) is 23.6 Å². The van der Waals surface area contributed by atoms with Gasteiger partial charge in [-0.05, 0) is 31.3 Å². The molecule has 0 aromatic carbocycles. The first-order chi connectivity index (χ1) is 9.47. The highest BCUT2D eigenvalue weighted by Crippen LogP contribution is 2.36. The van der Waals surface area contributed by atoms with E-state index in [2.05, 4.69) is 15.9 Å². The van der Waals surface area contributed by atoms with E-state index in [0.717, 1.165) is 12.8 Å². The maximum absolute atomic E-state index is 12.5. The van der Waals surface area contributed by atoms with Gasteiger partial charge >= 0.3 is 5.97 Å². The molecule has 6 heteroatoms. The highest BCUT2D eigenvalue weighted by Gasteiger charge is 2.41. The molecular formula is C14H14BrNO4. The fourth-order valence-electron chi connectivity index (χ4n) is 2.45. The van der Waals surface area contributed by atoms with E-state index in [1.165, 1.54) is 11.0 Å². The van der Waals surface area contributed by atoms with Crippen LogP contribution in [0.5, 0.6) is 0 Å². The Morgan fingerprint density at radius 1 is 1.40 bits per heavy atom. The van der Waals surface area contributed by atoms with Gasteiger partial charge in [0.15, 0.2) is 0 Å². The number of hydrogen-bond acceptors (Lipinski definition) is 4. The van der Waals surface area contributed by atoms with Gasteiger partial charge < -0.3 is 4.74 Å². The van der Waals surface area contributed by atoms with Crippen molar-refractivity contribution in [1.82, 2.24) is 4.90 Å². The van der Waals surface area contributed by atoms with Gasteiger partial charge in [0, 0.05) is 17.4 Å². The molecular weight excluding hydrogens is 326 g/mol. The zero-order valence-electron chi connectivity index (χ0n) is 11.0. The van der Waals surface area contributed by atoms with E-state index in [9.17, 15) is 14.4 Å². The maximum atomic E-state index is 12.5. The summed E-state index contributed by atoms with van der Waals surface area (Å²) in [7, 11) is 0. The Morgan fingerprint density at radius 2 is 2.10 bits per heavy atom. The summed E-state index contributed by atoms with van der Waals surface area (Å²) in [5.41, 5.74) is 1.06. The highest BCUT2D eigenvalue weighted by molar-refractivity contribution is 9.09. The molecule has 0 aromatic rings. The number of rotatable bonds is 3. The van der Waals surface area contributed by atoms with Crippen LogP contribution < -0.4 is 0 Å². The van der Waals surface area contributed by atoms with E-state index in [1.807, 2.05) is 6.92 Å². The van der Waals surface area contributed by atoms with Crippen LogP contribution in [0.25, 0.3) is 0 Å². The lowest BCUT2D eigenvalue weighted by atomic mass is 9.94. The van der Waals surface area contributed by atoms with Crippen molar-refractivity contribution in [2.24, 2.45) is 5.92 Å². The average Bonchev–Trinajstić information content (AvgIpc) is 3.16. The molecule has 0 spiro atoms. The molecule has 0 bridgehead atoms. The average molecular weight is 340 g/mol. The van der Waals surface area contributed by atoms with E-state index in [1.54, 1.807) is 0 Å². The molecule has 20 heavy (non-hydrogen) atoms. The van der Waals surface area contributed by atoms with Crippen LogP contribution >= 0.6 is 15.9 Å². The Bertz CT molecular complexity index is 572. The number of esters is 1. The number of carbonyl (C=O) groups is 3. The van der Waals surface area contributed by atoms with Crippen molar-refractivity contribution in [2.45, 2.75) is 31.0 Å². The first-order valence-electron chi connectivity index (χ1n) is 6.63. The number of fused-ring (bicyclic) bond motifs is 1. The van der Waals surface area contributed by atoms with E-state index in [-0.39, 0.29) is 22.9 Å². The second-order valence-corrected chi connectivity index (χ2v) is 6.75. The summed E-state index contributed by atoms with van der Waals surface area (Å²) in [6.45, 7) is 2.32. The first kappa shape index (κ1) is 13.5. The molecule has 0 saturated heterocycles. The van der Waals surface area contributed by atoms with Crippen molar-refractivity contribution in [3.05, 3.63) is 23.0 Å². The highest BCUT2D eigenvalue weighted by atomic mass is 79.9. The predicted molar refractivity (Wildman–Crippen MR) is 73.7 cm³/mol. The van der Waals surface area contributed by atoms with Gasteiger partial charge in [-0.25, -0.2) is 0 Å².